The highest BCUT2D eigenvalue weighted by atomic mass is 19.4. The molecule has 0 radical (unpaired) electrons. The number of nitrogens with one attached hydrogen (secondary N) is 1. The molecular formula is C11H18F3N3O. The minimum atomic E-state index is -4.19. The van der Waals surface area contributed by atoms with Crippen molar-refractivity contribution in [2.45, 2.75) is 33.1 Å². The summed E-state index contributed by atoms with van der Waals surface area (Å²) in [7, 11) is 0. The van der Waals surface area contributed by atoms with Crippen LogP contribution in [0.3, 0.4) is 0 Å². The highest BCUT2D eigenvalue weighted by Crippen LogP contribution is 2.18. The van der Waals surface area contributed by atoms with E-state index < -0.39 is 12.7 Å². The summed E-state index contributed by atoms with van der Waals surface area (Å²) in [5.74, 6) is 0.453. The molecule has 1 N–H and O–H groups in total. The fraction of sp³-hybridized carbons (Fsp3) is 0.727. The molecule has 0 aromatic carbocycles. The van der Waals surface area contributed by atoms with Gasteiger partial charge in [-0.3, -0.25) is 4.90 Å². The third-order valence-corrected chi connectivity index (χ3v) is 2.39. The van der Waals surface area contributed by atoms with Gasteiger partial charge in [0.2, 0.25) is 0 Å². The first kappa shape index (κ1) is 15.0. The minimum absolute atomic E-state index is 0.120. The zero-order valence-corrected chi connectivity index (χ0v) is 10.5. The topological polar surface area (TPSA) is 41.3 Å². The Morgan fingerprint density at radius 2 is 2.11 bits per heavy atom. The molecule has 0 bridgehead atoms. The maximum Gasteiger partial charge on any atom is 0.401 e. The Labute approximate surface area is 104 Å². The highest BCUT2D eigenvalue weighted by Gasteiger charge is 2.30. The van der Waals surface area contributed by atoms with Gasteiger partial charge in [0.15, 0.2) is 5.76 Å². The predicted molar refractivity (Wildman–Crippen MR) is 60.9 cm³/mol. The molecule has 1 heterocycles. The van der Waals surface area contributed by atoms with E-state index in [-0.39, 0.29) is 6.54 Å². The molecule has 0 aliphatic heterocycles. The van der Waals surface area contributed by atoms with Gasteiger partial charge >= 0.3 is 6.18 Å². The maximum absolute atomic E-state index is 12.3. The fourth-order valence-corrected chi connectivity index (χ4v) is 1.52. The molecule has 0 saturated heterocycles. The second kappa shape index (κ2) is 6.75. The number of nitrogens with zero attached hydrogens (tertiary/aromatic N) is 2. The van der Waals surface area contributed by atoms with Gasteiger partial charge in [-0.05, 0) is 13.1 Å². The van der Waals surface area contributed by atoms with Gasteiger partial charge in [-0.15, -0.1) is 0 Å². The van der Waals surface area contributed by atoms with Crippen LogP contribution < -0.4 is 5.32 Å². The van der Waals surface area contributed by atoms with E-state index in [0.717, 1.165) is 6.54 Å². The third kappa shape index (κ3) is 5.50. The van der Waals surface area contributed by atoms with E-state index in [1.54, 1.807) is 13.0 Å². The lowest BCUT2D eigenvalue weighted by Crippen LogP contribution is -2.33. The van der Waals surface area contributed by atoms with Crippen LogP contribution >= 0.6 is 0 Å². The molecule has 0 unspecified atom stereocenters. The van der Waals surface area contributed by atoms with Gasteiger partial charge in [-0.2, -0.15) is 13.2 Å². The Balaban J connectivity index is 2.51. The van der Waals surface area contributed by atoms with Crippen LogP contribution in [0.4, 0.5) is 13.2 Å². The van der Waals surface area contributed by atoms with Crippen LogP contribution in [0.15, 0.2) is 10.6 Å². The average molecular weight is 265 g/mol. The molecule has 0 saturated carbocycles. The van der Waals surface area contributed by atoms with Crippen LogP contribution in [0.1, 0.15) is 25.3 Å². The Kier molecular flexibility index (Phi) is 5.61. The molecular weight excluding hydrogens is 247 g/mol. The third-order valence-electron chi connectivity index (χ3n) is 2.39. The van der Waals surface area contributed by atoms with Crippen LogP contribution in [-0.2, 0) is 13.1 Å². The molecule has 18 heavy (non-hydrogen) atoms. The summed E-state index contributed by atoms with van der Waals surface area (Å²) in [6.07, 6.45) is -4.19. The van der Waals surface area contributed by atoms with Crippen LogP contribution in [0.5, 0.6) is 0 Å². The largest absolute Gasteiger partial charge is 0.401 e. The molecule has 0 atom stereocenters. The number of hydrogen-bond acceptors (Lipinski definition) is 4. The van der Waals surface area contributed by atoms with Gasteiger partial charge in [0, 0.05) is 12.6 Å². The molecule has 0 aliphatic rings. The first-order chi connectivity index (χ1) is 8.44. The van der Waals surface area contributed by atoms with Crippen LogP contribution in [0.25, 0.3) is 0 Å². The lowest BCUT2D eigenvalue weighted by Gasteiger charge is -2.20. The predicted octanol–water partition coefficient (Wildman–Crippen LogP) is 2.17. The van der Waals surface area contributed by atoms with Crippen molar-refractivity contribution in [1.82, 2.24) is 15.4 Å². The van der Waals surface area contributed by atoms with E-state index in [2.05, 4.69) is 10.5 Å². The maximum atomic E-state index is 12.3. The average Bonchev–Trinajstić information content (AvgIpc) is 2.71. The molecule has 1 rings (SSSR count). The van der Waals surface area contributed by atoms with Crippen molar-refractivity contribution in [2.24, 2.45) is 0 Å². The molecule has 0 aliphatic carbocycles. The number of aromatic nitrogens is 1. The summed E-state index contributed by atoms with van der Waals surface area (Å²) in [4.78, 5) is 1.26. The second-order valence-corrected chi connectivity index (χ2v) is 3.98. The van der Waals surface area contributed by atoms with Gasteiger partial charge < -0.3 is 9.84 Å². The van der Waals surface area contributed by atoms with Gasteiger partial charge in [0.25, 0.3) is 0 Å². The normalized spacial score (nSPS) is 12.3. The minimum Gasteiger partial charge on any atom is -0.360 e. The van der Waals surface area contributed by atoms with E-state index in [4.69, 9.17) is 4.52 Å². The number of halogens is 3. The monoisotopic (exact) mass is 265 g/mol. The SMILES string of the molecule is CCNCc1cc(CN(CC)CC(F)(F)F)on1. The summed E-state index contributed by atoms with van der Waals surface area (Å²) in [6.45, 7) is 4.50. The van der Waals surface area contributed by atoms with E-state index >= 15 is 0 Å². The summed E-state index contributed by atoms with van der Waals surface area (Å²) in [6, 6.07) is 1.68. The molecule has 0 spiro atoms. The van der Waals surface area contributed by atoms with Crippen LogP contribution in [-0.4, -0.2) is 35.9 Å². The lowest BCUT2D eigenvalue weighted by atomic mass is 10.3. The van der Waals surface area contributed by atoms with Crippen molar-refractivity contribution in [3.63, 3.8) is 0 Å². The highest BCUT2D eigenvalue weighted by molar-refractivity contribution is 5.05. The van der Waals surface area contributed by atoms with Crippen molar-refractivity contribution in [1.29, 1.82) is 0 Å². The Morgan fingerprint density at radius 3 is 2.67 bits per heavy atom. The molecule has 1 aromatic heterocycles. The quantitative estimate of drug-likeness (QED) is 0.820. The fourth-order valence-electron chi connectivity index (χ4n) is 1.52. The Hall–Kier alpha value is -1.08. The van der Waals surface area contributed by atoms with E-state index in [0.29, 0.717) is 24.5 Å². The van der Waals surface area contributed by atoms with Crippen LogP contribution in [0.2, 0.25) is 0 Å². The smallest absolute Gasteiger partial charge is 0.360 e. The standard InChI is InChI=1S/C11H18F3N3O/c1-3-15-6-9-5-10(18-16-9)7-17(4-2)8-11(12,13)14/h5,15H,3-4,6-8H2,1-2H3. The van der Waals surface area contributed by atoms with Crippen molar-refractivity contribution in [3.8, 4) is 0 Å². The Bertz CT molecular complexity index is 352. The van der Waals surface area contributed by atoms with E-state index in [1.165, 1.54) is 4.90 Å². The Morgan fingerprint density at radius 1 is 1.39 bits per heavy atom. The summed E-state index contributed by atoms with van der Waals surface area (Å²) in [5, 5.41) is 6.86. The lowest BCUT2D eigenvalue weighted by molar-refractivity contribution is -0.147. The van der Waals surface area contributed by atoms with Gasteiger partial charge in [0.1, 0.15) is 0 Å². The van der Waals surface area contributed by atoms with Crippen molar-refractivity contribution in [2.75, 3.05) is 19.6 Å². The van der Waals surface area contributed by atoms with E-state index in [9.17, 15) is 13.2 Å². The number of alkyl halides is 3. The van der Waals surface area contributed by atoms with Gasteiger partial charge in [-0.1, -0.05) is 19.0 Å². The van der Waals surface area contributed by atoms with Crippen molar-refractivity contribution < 1.29 is 17.7 Å². The second-order valence-electron chi connectivity index (χ2n) is 3.98. The number of hydrogen-bond donors (Lipinski definition) is 1. The van der Waals surface area contributed by atoms with E-state index in [1.807, 2.05) is 6.92 Å². The number of rotatable bonds is 7. The molecule has 1 aromatic rings. The molecule has 4 nitrogen and oxygen atoms in total. The van der Waals surface area contributed by atoms with Gasteiger partial charge in [-0.25, -0.2) is 0 Å². The molecule has 0 fully saturated rings. The molecule has 104 valence electrons. The summed E-state index contributed by atoms with van der Waals surface area (Å²) >= 11 is 0. The first-order valence-electron chi connectivity index (χ1n) is 5.89. The zero-order chi connectivity index (χ0) is 13.6. The van der Waals surface area contributed by atoms with Crippen LogP contribution in [0, 0.1) is 0 Å². The zero-order valence-electron chi connectivity index (χ0n) is 10.5. The van der Waals surface area contributed by atoms with Crippen molar-refractivity contribution in [3.05, 3.63) is 17.5 Å². The first-order valence-corrected chi connectivity index (χ1v) is 5.89. The molecule has 7 heteroatoms. The summed E-state index contributed by atoms with van der Waals surface area (Å²) < 4.78 is 41.8. The molecule has 0 amide bonds. The van der Waals surface area contributed by atoms with Gasteiger partial charge in [0.05, 0.1) is 18.8 Å². The summed E-state index contributed by atoms with van der Waals surface area (Å²) in [5.41, 5.74) is 0.704. The van der Waals surface area contributed by atoms with Crippen molar-refractivity contribution >= 4 is 0 Å².